The summed E-state index contributed by atoms with van der Waals surface area (Å²) < 4.78 is 6.84. The zero-order valence-corrected chi connectivity index (χ0v) is 17.0. The second-order valence-electron chi connectivity index (χ2n) is 6.59. The van der Waals surface area contributed by atoms with E-state index in [4.69, 9.17) is 9.84 Å². The third-order valence-electron chi connectivity index (χ3n) is 4.65. The molecule has 0 fully saturated rings. The highest BCUT2D eigenvalue weighted by Crippen LogP contribution is 2.34. The maximum absolute atomic E-state index is 9.02. The molecule has 0 radical (unpaired) electrons. The van der Waals surface area contributed by atoms with Crippen molar-refractivity contribution in [1.82, 2.24) is 15.0 Å². The van der Waals surface area contributed by atoms with Crippen LogP contribution >= 0.6 is 15.9 Å². The molecule has 1 unspecified atom stereocenters. The molecule has 2 aromatic heterocycles. The summed E-state index contributed by atoms with van der Waals surface area (Å²) in [7, 11) is 0. The Hall–Kier alpha value is -2.64. The normalized spacial score (nSPS) is 12.4. The van der Waals surface area contributed by atoms with Gasteiger partial charge in [0.2, 0.25) is 0 Å². The fourth-order valence-corrected chi connectivity index (χ4v) is 3.64. The molecule has 2 heterocycles. The quantitative estimate of drug-likeness (QED) is 0.359. The Morgan fingerprint density at radius 3 is 2.93 bits per heavy atom. The largest absolute Gasteiger partial charge is 0.493 e. The number of hydrogen-bond donors (Lipinski definition) is 3. The number of benzene rings is 2. The lowest BCUT2D eigenvalue weighted by Gasteiger charge is -2.19. The number of aliphatic hydroxyl groups excluding tert-OH is 1. The van der Waals surface area contributed by atoms with Gasteiger partial charge in [0.25, 0.3) is 0 Å². The molecular formula is C21H21BrN4O2. The van der Waals surface area contributed by atoms with Crippen LogP contribution in [0.5, 0.6) is 5.75 Å². The van der Waals surface area contributed by atoms with Gasteiger partial charge < -0.3 is 20.1 Å². The monoisotopic (exact) mass is 440 g/mol. The number of para-hydroxylation sites is 1. The van der Waals surface area contributed by atoms with Gasteiger partial charge in [-0.05, 0) is 25.1 Å². The predicted molar refractivity (Wildman–Crippen MR) is 115 cm³/mol. The van der Waals surface area contributed by atoms with Crippen molar-refractivity contribution < 1.29 is 9.84 Å². The zero-order chi connectivity index (χ0) is 19.5. The van der Waals surface area contributed by atoms with E-state index in [1.807, 2.05) is 36.4 Å². The van der Waals surface area contributed by atoms with Crippen LogP contribution in [0.4, 0.5) is 5.82 Å². The van der Waals surface area contributed by atoms with Crippen LogP contribution in [0.3, 0.4) is 0 Å². The number of aromatic nitrogens is 3. The molecule has 6 nitrogen and oxygen atoms in total. The van der Waals surface area contributed by atoms with Gasteiger partial charge in [-0.1, -0.05) is 40.2 Å². The average Bonchev–Trinajstić information content (AvgIpc) is 3.08. The lowest BCUT2D eigenvalue weighted by Crippen LogP contribution is -2.11. The Kier molecular flexibility index (Phi) is 5.45. The minimum atomic E-state index is -0.0380. The lowest BCUT2D eigenvalue weighted by molar-refractivity contribution is 0.232. The molecule has 0 spiro atoms. The van der Waals surface area contributed by atoms with Crippen molar-refractivity contribution in [2.45, 2.75) is 19.4 Å². The van der Waals surface area contributed by atoms with E-state index in [-0.39, 0.29) is 12.6 Å². The Labute approximate surface area is 171 Å². The third-order valence-corrected chi connectivity index (χ3v) is 5.15. The molecule has 0 aliphatic heterocycles. The van der Waals surface area contributed by atoms with Crippen LogP contribution in [0, 0.1) is 0 Å². The molecule has 0 aliphatic rings. The molecular weight excluding hydrogens is 420 g/mol. The number of aromatic amines is 1. The van der Waals surface area contributed by atoms with Crippen LogP contribution in [0.1, 0.15) is 24.9 Å². The second-order valence-corrected chi connectivity index (χ2v) is 7.51. The first-order chi connectivity index (χ1) is 13.7. The Bertz CT molecular complexity index is 1110. The standard InChI is InChI=1S/C21H21BrN4O2/c1-13(15-8-7-14(22)11-18(15)28-10-4-9-27)25-20-19-16-5-2-3-6-17(16)26-21(19)24-12-23-20/h2-3,5-8,11-13,27H,4,9-10H2,1H3,(H2,23,24,25,26). The maximum atomic E-state index is 9.02. The third kappa shape index (κ3) is 3.68. The van der Waals surface area contributed by atoms with Crippen LogP contribution in [0.2, 0.25) is 0 Å². The molecule has 0 saturated carbocycles. The molecule has 7 heteroatoms. The van der Waals surface area contributed by atoms with E-state index < -0.39 is 0 Å². The number of H-pyrrole nitrogens is 1. The highest BCUT2D eigenvalue weighted by molar-refractivity contribution is 9.10. The molecule has 2 aromatic carbocycles. The van der Waals surface area contributed by atoms with E-state index >= 15 is 0 Å². The van der Waals surface area contributed by atoms with Crippen molar-refractivity contribution in [2.75, 3.05) is 18.5 Å². The number of rotatable bonds is 7. The summed E-state index contributed by atoms with van der Waals surface area (Å²) in [5.74, 6) is 1.56. The van der Waals surface area contributed by atoms with Gasteiger partial charge in [0.15, 0.2) is 0 Å². The average molecular weight is 441 g/mol. The van der Waals surface area contributed by atoms with Crippen molar-refractivity contribution in [3.8, 4) is 5.75 Å². The highest BCUT2D eigenvalue weighted by atomic mass is 79.9. The molecule has 0 bridgehead atoms. The van der Waals surface area contributed by atoms with Crippen molar-refractivity contribution in [3.05, 3.63) is 58.8 Å². The van der Waals surface area contributed by atoms with Crippen LogP contribution in [-0.4, -0.2) is 33.3 Å². The van der Waals surface area contributed by atoms with Crippen LogP contribution in [-0.2, 0) is 0 Å². The van der Waals surface area contributed by atoms with E-state index in [9.17, 15) is 0 Å². The zero-order valence-electron chi connectivity index (χ0n) is 15.4. The molecule has 28 heavy (non-hydrogen) atoms. The predicted octanol–water partition coefficient (Wildman–Crippen LogP) is 4.81. The van der Waals surface area contributed by atoms with Gasteiger partial charge in [-0.15, -0.1) is 0 Å². The minimum absolute atomic E-state index is 0.0380. The van der Waals surface area contributed by atoms with Crippen LogP contribution in [0.25, 0.3) is 21.9 Å². The summed E-state index contributed by atoms with van der Waals surface area (Å²) in [6.07, 6.45) is 2.16. The first-order valence-corrected chi connectivity index (χ1v) is 9.97. The van der Waals surface area contributed by atoms with Crippen molar-refractivity contribution in [3.63, 3.8) is 0 Å². The maximum Gasteiger partial charge on any atom is 0.143 e. The fourth-order valence-electron chi connectivity index (χ4n) is 3.30. The Morgan fingerprint density at radius 1 is 1.21 bits per heavy atom. The molecule has 0 aliphatic carbocycles. The van der Waals surface area contributed by atoms with Crippen molar-refractivity contribution in [1.29, 1.82) is 0 Å². The van der Waals surface area contributed by atoms with Crippen LogP contribution in [0.15, 0.2) is 53.3 Å². The highest BCUT2D eigenvalue weighted by Gasteiger charge is 2.16. The number of nitrogens with zero attached hydrogens (tertiary/aromatic N) is 2. The number of halogens is 1. The van der Waals surface area contributed by atoms with Gasteiger partial charge in [0, 0.05) is 34.0 Å². The van der Waals surface area contributed by atoms with E-state index in [0.717, 1.165) is 43.5 Å². The molecule has 144 valence electrons. The number of ether oxygens (including phenoxy) is 1. The van der Waals surface area contributed by atoms with Crippen LogP contribution < -0.4 is 10.1 Å². The Balaban J connectivity index is 1.68. The number of anilines is 1. The van der Waals surface area contributed by atoms with E-state index in [2.05, 4.69) is 49.2 Å². The Morgan fingerprint density at radius 2 is 2.07 bits per heavy atom. The second kappa shape index (κ2) is 8.16. The summed E-state index contributed by atoms with van der Waals surface area (Å²) >= 11 is 3.50. The minimum Gasteiger partial charge on any atom is -0.493 e. The summed E-state index contributed by atoms with van der Waals surface area (Å²) in [6, 6.07) is 14.0. The van der Waals surface area contributed by atoms with Gasteiger partial charge in [-0.25, -0.2) is 9.97 Å². The van der Waals surface area contributed by atoms with Gasteiger partial charge in [-0.2, -0.15) is 0 Å². The number of nitrogens with one attached hydrogen (secondary N) is 2. The van der Waals surface area contributed by atoms with Gasteiger partial charge in [0.1, 0.15) is 23.5 Å². The number of hydrogen-bond acceptors (Lipinski definition) is 5. The number of fused-ring (bicyclic) bond motifs is 3. The van der Waals surface area contributed by atoms with E-state index in [1.165, 1.54) is 0 Å². The lowest BCUT2D eigenvalue weighted by atomic mass is 10.1. The SMILES string of the molecule is CC(Nc1ncnc2[nH]c3ccccc3c12)c1ccc(Br)cc1OCCCO. The molecule has 1 atom stereocenters. The molecule has 4 rings (SSSR count). The summed E-state index contributed by atoms with van der Waals surface area (Å²) in [4.78, 5) is 12.2. The van der Waals surface area contributed by atoms with Gasteiger partial charge in [-0.3, -0.25) is 0 Å². The van der Waals surface area contributed by atoms with Gasteiger partial charge in [0.05, 0.1) is 18.0 Å². The van der Waals surface area contributed by atoms with Gasteiger partial charge >= 0.3 is 0 Å². The van der Waals surface area contributed by atoms with Crippen molar-refractivity contribution >= 4 is 43.7 Å². The number of aliphatic hydroxyl groups is 1. The molecule has 0 saturated heterocycles. The fraction of sp³-hybridized carbons (Fsp3) is 0.238. The first-order valence-electron chi connectivity index (χ1n) is 9.18. The summed E-state index contributed by atoms with van der Waals surface area (Å²) in [5, 5.41) is 14.6. The van der Waals surface area contributed by atoms with E-state index in [1.54, 1.807) is 6.33 Å². The topological polar surface area (TPSA) is 83.1 Å². The van der Waals surface area contributed by atoms with Crippen molar-refractivity contribution in [2.24, 2.45) is 0 Å². The van der Waals surface area contributed by atoms with E-state index in [0.29, 0.717) is 13.0 Å². The summed E-state index contributed by atoms with van der Waals surface area (Å²) in [5.41, 5.74) is 2.86. The first kappa shape index (κ1) is 18.7. The summed E-state index contributed by atoms with van der Waals surface area (Å²) in [6.45, 7) is 2.65. The molecule has 4 aromatic rings. The smallest absolute Gasteiger partial charge is 0.143 e. The molecule has 3 N–H and O–H groups in total. The molecule has 0 amide bonds.